The Bertz CT molecular complexity index is 2620. The number of aromatic hydroxyl groups is 9. The Morgan fingerprint density at radius 3 is 1.69 bits per heavy atom. The average Bonchev–Trinajstić information content (AvgIpc) is 3.80. The van der Waals surface area contributed by atoms with Gasteiger partial charge in [-0.3, -0.25) is 0 Å². The van der Waals surface area contributed by atoms with Crippen molar-refractivity contribution in [2.24, 2.45) is 0 Å². The molecule has 4 unspecified atom stereocenters. The minimum Gasteiger partial charge on any atom is -0.508 e. The molecule has 7 aromatic rings. The summed E-state index contributed by atoms with van der Waals surface area (Å²) in [5, 5.41) is 96.9. The van der Waals surface area contributed by atoms with Gasteiger partial charge in [0.2, 0.25) is 0 Å². The van der Waals surface area contributed by atoms with E-state index in [4.69, 9.17) is 13.9 Å². The molecule has 0 bridgehead atoms. The van der Waals surface area contributed by atoms with E-state index in [9.17, 15) is 46.0 Å². The summed E-state index contributed by atoms with van der Waals surface area (Å²) < 4.78 is 18.9. The van der Waals surface area contributed by atoms with Gasteiger partial charge in [0.05, 0.1) is 11.8 Å². The van der Waals surface area contributed by atoms with Crippen molar-refractivity contribution in [3.8, 4) is 74.6 Å². The van der Waals surface area contributed by atoms with Crippen LogP contribution in [-0.2, 0) is 0 Å². The molecule has 2 aliphatic heterocycles. The number of phenolic OH excluding ortho intramolecular Hbond substituents is 9. The van der Waals surface area contributed by atoms with Crippen molar-refractivity contribution in [1.29, 1.82) is 0 Å². The van der Waals surface area contributed by atoms with Gasteiger partial charge in [-0.15, -0.1) is 0 Å². The molecule has 0 fully saturated rings. The third kappa shape index (κ3) is 5.31. The highest BCUT2D eigenvalue weighted by atomic mass is 16.5. The monoisotopic (exact) mass is 726 g/mol. The topological polar surface area (TPSA) is 214 Å². The Morgan fingerprint density at radius 2 is 1.00 bits per heavy atom. The summed E-state index contributed by atoms with van der Waals surface area (Å²) in [4.78, 5) is 0. The molecule has 9 rings (SSSR count). The standard InChI is InChI=1S/C42H30O12/c43-22-3-4-28(31(49)14-22)41-38(20-5-24(45)12-25(46)6-20)30-16-29(32(50)17-36(30)53-41)42-39(21-7-26(47)13-27(48)8-21)40-33(51)9-19(11-37(40)54-42)34-10-18-1-2-23(44)15-35(18)52-34/h1-17,38-39,41-51H. The van der Waals surface area contributed by atoms with Gasteiger partial charge in [-0.25, -0.2) is 0 Å². The first-order valence-corrected chi connectivity index (χ1v) is 16.8. The second kappa shape index (κ2) is 11.9. The molecule has 0 amide bonds. The van der Waals surface area contributed by atoms with Crippen LogP contribution in [0.3, 0.4) is 0 Å². The number of benzene rings is 6. The molecular formula is C42H30O12. The summed E-state index contributed by atoms with van der Waals surface area (Å²) in [5.74, 6) is -2.66. The largest absolute Gasteiger partial charge is 0.508 e. The number of rotatable bonds is 5. The van der Waals surface area contributed by atoms with Crippen molar-refractivity contribution in [2.75, 3.05) is 0 Å². The lowest BCUT2D eigenvalue weighted by atomic mass is 9.81. The molecule has 0 saturated heterocycles. The number of phenols is 9. The van der Waals surface area contributed by atoms with E-state index in [1.54, 1.807) is 24.3 Å². The van der Waals surface area contributed by atoms with Crippen molar-refractivity contribution >= 4 is 11.0 Å². The minimum absolute atomic E-state index is 0.0254. The maximum absolute atomic E-state index is 11.7. The van der Waals surface area contributed by atoms with E-state index in [2.05, 4.69) is 0 Å². The maximum Gasteiger partial charge on any atom is 0.138 e. The summed E-state index contributed by atoms with van der Waals surface area (Å²) in [6, 6.07) is 24.7. The van der Waals surface area contributed by atoms with Crippen LogP contribution in [0, 0.1) is 0 Å². The molecule has 6 aromatic carbocycles. The van der Waals surface area contributed by atoms with E-state index in [1.807, 2.05) is 0 Å². The molecule has 270 valence electrons. The Morgan fingerprint density at radius 1 is 0.407 bits per heavy atom. The van der Waals surface area contributed by atoms with Gasteiger partial charge in [-0.1, -0.05) is 0 Å². The molecule has 0 radical (unpaired) electrons. The van der Waals surface area contributed by atoms with Crippen LogP contribution >= 0.6 is 0 Å². The summed E-state index contributed by atoms with van der Waals surface area (Å²) in [6.45, 7) is 0. The lowest BCUT2D eigenvalue weighted by Gasteiger charge is -2.23. The molecule has 9 N–H and O–H groups in total. The molecular weight excluding hydrogens is 696 g/mol. The summed E-state index contributed by atoms with van der Waals surface area (Å²) in [5.41, 5.74) is 2.95. The highest BCUT2D eigenvalue weighted by Gasteiger charge is 2.44. The first kappa shape index (κ1) is 32.6. The highest BCUT2D eigenvalue weighted by Crippen LogP contribution is 2.59. The van der Waals surface area contributed by atoms with Crippen LogP contribution in [0.15, 0.2) is 108 Å². The van der Waals surface area contributed by atoms with Crippen LogP contribution in [0.1, 0.15) is 57.4 Å². The predicted molar refractivity (Wildman–Crippen MR) is 193 cm³/mol. The quantitative estimate of drug-likeness (QED) is 0.0826. The number of fused-ring (bicyclic) bond motifs is 3. The first-order valence-electron chi connectivity index (χ1n) is 16.8. The maximum atomic E-state index is 11.7. The number of hydrogen-bond acceptors (Lipinski definition) is 12. The van der Waals surface area contributed by atoms with Crippen LogP contribution < -0.4 is 9.47 Å². The number of hydrogen-bond donors (Lipinski definition) is 9. The second-order valence-corrected chi connectivity index (χ2v) is 13.5. The van der Waals surface area contributed by atoms with E-state index in [1.165, 1.54) is 66.7 Å². The zero-order chi connectivity index (χ0) is 37.6. The van der Waals surface area contributed by atoms with E-state index < -0.39 is 24.0 Å². The Kier molecular flexibility index (Phi) is 7.15. The lowest BCUT2D eigenvalue weighted by Crippen LogP contribution is -2.13. The Balaban J connectivity index is 1.21. The average molecular weight is 727 g/mol. The van der Waals surface area contributed by atoms with Crippen molar-refractivity contribution in [3.05, 3.63) is 137 Å². The van der Waals surface area contributed by atoms with Gasteiger partial charge in [0.1, 0.15) is 86.8 Å². The summed E-state index contributed by atoms with van der Waals surface area (Å²) >= 11 is 0. The van der Waals surface area contributed by atoms with Crippen molar-refractivity contribution in [3.63, 3.8) is 0 Å². The van der Waals surface area contributed by atoms with Crippen LogP contribution in [0.5, 0.6) is 63.2 Å². The molecule has 54 heavy (non-hydrogen) atoms. The van der Waals surface area contributed by atoms with E-state index in [-0.39, 0.29) is 74.4 Å². The van der Waals surface area contributed by atoms with E-state index >= 15 is 0 Å². The highest BCUT2D eigenvalue weighted by molar-refractivity contribution is 5.84. The zero-order valence-corrected chi connectivity index (χ0v) is 27.9. The van der Waals surface area contributed by atoms with Gasteiger partial charge in [-0.05, 0) is 83.9 Å². The van der Waals surface area contributed by atoms with Crippen molar-refractivity contribution in [1.82, 2.24) is 0 Å². The van der Waals surface area contributed by atoms with Crippen LogP contribution in [0.25, 0.3) is 22.3 Å². The number of ether oxygens (including phenoxy) is 2. The van der Waals surface area contributed by atoms with Gasteiger partial charge in [-0.2, -0.15) is 0 Å². The number of furan rings is 1. The zero-order valence-electron chi connectivity index (χ0n) is 27.9. The summed E-state index contributed by atoms with van der Waals surface area (Å²) in [7, 11) is 0. The second-order valence-electron chi connectivity index (χ2n) is 13.5. The Hall–Kier alpha value is -7.34. The molecule has 2 aliphatic rings. The fourth-order valence-electron chi connectivity index (χ4n) is 7.78. The van der Waals surface area contributed by atoms with Crippen molar-refractivity contribution < 1.29 is 59.8 Å². The lowest BCUT2D eigenvalue weighted by molar-refractivity contribution is 0.214. The first-order chi connectivity index (χ1) is 25.9. The summed E-state index contributed by atoms with van der Waals surface area (Å²) in [6.07, 6.45) is -2.02. The third-order valence-corrected chi connectivity index (χ3v) is 10.0. The van der Waals surface area contributed by atoms with Gasteiger partial charge in [0.25, 0.3) is 0 Å². The van der Waals surface area contributed by atoms with Crippen LogP contribution in [0.2, 0.25) is 0 Å². The van der Waals surface area contributed by atoms with Gasteiger partial charge < -0.3 is 59.8 Å². The molecule has 4 atom stereocenters. The molecule has 1 aromatic heterocycles. The van der Waals surface area contributed by atoms with Gasteiger partial charge in [0, 0.05) is 63.5 Å². The van der Waals surface area contributed by atoms with Crippen LogP contribution in [-0.4, -0.2) is 46.0 Å². The van der Waals surface area contributed by atoms with Gasteiger partial charge >= 0.3 is 0 Å². The van der Waals surface area contributed by atoms with Crippen molar-refractivity contribution in [2.45, 2.75) is 24.0 Å². The fraction of sp³-hybridized carbons (Fsp3) is 0.0952. The van der Waals surface area contributed by atoms with E-state index in [0.717, 1.165) is 12.1 Å². The SMILES string of the molecule is Oc1cc(O)cc(C2c3cc(C4Oc5cc(-c6cc7ccc(O)cc7o6)cc(O)c5C4c4cc(O)cc(O)c4)c(O)cc3OC2c2ccc(O)cc2O)c1. The van der Waals surface area contributed by atoms with E-state index in [0.29, 0.717) is 44.5 Å². The molecule has 12 nitrogen and oxygen atoms in total. The Labute approximate surface area is 305 Å². The van der Waals surface area contributed by atoms with Crippen LogP contribution in [0.4, 0.5) is 0 Å². The normalized spacial score (nSPS) is 18.6. The van der Waals surface area contributed by atoms with Gasteiger partial charge in [0.15, 0.2) is 0 Å². The molecule has 0 aliphatic carbocycles. The molecule has 0 saturated carbocycles. The fourth-order valence-corrected chi connectivity index (χ4v) is 7.78. The third-order valence-electron chi connectivity index (χ3n) is 10.0. The minimum atomic E-state index is -1.07. The molecule has 0 spiro atoms. The smallest absolute Gasteiger partial charge is 0.138 e. The molecule has 12 heteroatoms. The molecule has 3 heterocycles. The predicted octanol–water partition coefficient (Wildman–Crippen LogP) is 7.98.